The first-order valence-corrected chi connectivity index (χ1v) is 5.63. The van der Waals surface area contributed by atoms with Crippen molar-refractivity contribution >= 4 is 40.1 Å². The number of aryl methyl sites for hydroxylation is 1. The molecule has 0 aliphatic carbocycles. The summed E-state index contributed by atoms with van der Waals surface area (Å²) in [5, 5.41) is 0. The van der Waals surface area contributed by atoms with Gasteiger partial charge in [-0.2, -0.15) is 4.37 Å². The van der Waals surface area contributed by atoms with E-state index >= 15 is 0 Å². The predicted octanol–water partition coefficient (Wildman–Crippen LogP) is 2.05. The van der Waals surface area contributed by atoms with Crippen molar-refractivity contribution in [1.29, 1.82) is 0 Å². The van der Waals surface area contributed by atoms with Crippen molar-refractivity contribution in [2.24, 2.45) is 4.99 Å². The second-order valence-corrected chi connectivity index (χ2v) is 4.42. The summed E-state index contributed by atoms with van der Waals surface area (Å²) in [6, 6.07) is 0. The summed E-state index contributed by atoms with van der Waals surface area (Å²) in [6.07, 6.45) is 4.62. The van der Waals surface area contributed by atoms with Crippen molar-refractivity contribution in [1.82, 2.24) is 4.37 Å². The average molecular weight is 259 g/mol. The van der Waals surface area contributed by atoms with E-state index in [4.69, 9.17) is 0 Å². The van der Waals surface area contributed by atoms with Gasteiger partial charge in [0, 0.05) is 0 Å². The molecular weight excluding hydrogens is 250 g/mol. The molecule has 0 saturated carbocycles. The Bertz CT molecular complexity index is 381. The number of hydrogen-bond acceptors (Lipinski definition) is 3. The molecule has 0 amide bonds. The number of aromatic nitrogens is 1. The van der Waals surface area contributed by atoms with E-state index in [1.54, 1.807) is 11.5 Å². The average Bonchev–Trinajstić information content (AvgIpc) is 2.40. The molecule has 1 aliphatic heterocycles. The SMILES string of the molecule is CCc1nsc(C[N+]2=CN=C2)c1Br. The number of rotatable bonds is 3. The van der Waals surface area contributed by atoms with Gasteiger partial charge in [-0.05, 0) is 33.9 Å². The van der Waals surface area contributed by atoms with E-state index in [1.165, 1.54) is 4.88 Å². The highest BCUT2D eigenvalue weighted by molar-refractivity contribution is 9.10. The zero-order valence-corrected chi connectivity index (χ0v) is 9.60. The Kier molecular flexibility index (Phi) is 2.55. The van der Waals surface area contributed by atoms with E-state index in [0.717, 1.165) is 23.1 Å². The van der Waals surface area contributed by atoms with Gasteiger partial charge in [-0.15, -0.1) is 0 Å². The maximum Gasteiger partial charge on any atom is 0.229 e. The minimum absolute atomic E-state index is 0.877. The third-order valence-electron chi connectivity index (χ3n) is 1.86. The Morgan fingerprint density at radius 1 is 1.62 bits per heavy atom. The minimum atomic E-state index is 0.877. The van der Waals surface area contributed by atoms with Gasteiger partial charge in [-0.25, -0.2) is 4.58 Å². The van der Waals surface area contributed by atoms with Crippen molar-refractivity contribution in [3.8, 4) is 0 Å². The van der Waals surface area contributed by atoms with E-state index in [-0.39, 0.29) is 0 Å². The number of halogens is 1. The van der Waals surface area contributed by atoms with Crippen LogP contribution >= 0.6 is 27.5 Å². The molecule has 0 radical (unpaired) electrons. The van der Waals surface area contributed by atoms with Crippen LogP contribution < -0.4 is 0 Å². The van der Waals surface area contributed by atoms with Gasteiger partial charge < -0.3 is 0 Å². The van der Waals surface area contributed by atoms with Crippen LogP contribution in [0.15, 0.2) is 9.47 Å². The van der Waals surface area contributed by atoms with Crippen LogP contribution in [0.1, 0.15) is 17.5 Å². The molecule has 0 bridgehead atoms. The first-order valence-electron chi connectivity index (χ1n) is 4.06. The Balaban J connectivity index is 2.15. The third-order valence-corrected chi connectivity index (χ3v) is 3.92. The molecule has 2 heterocycles. The topological polar surface area (TPSA) is 28.3 Å². The first-order chi connectivity index (χ1) is 6.31. The fraction of sp³-hybridized carbons (Fsp3) is 0.375. The summed E-state index contributed by atoms with van der Waals surface area (Å²) in [4.78, 5) is 5.16. The number of hydrogen-bond donors (Lipinski definition) is 0. The van der Waals surface area contributed by atoms with Crippen LogP contribution in [-0.4, -0.2) is 21.6 Å². The van der Waals surface area contributed by atoms with Crippen LogP contribution in [-0.2, 0) is 13.0 Å². The molecule has 68 valence electrons. The summed E-state index contributed by atoms with van der Waals surface area (Å²) in [5.41, 5.74) is 1.15. The van der Waals surface area contributed by atoms with E-state index in [0.29, 0.717) is 0 Å². The summed E-state index contributed by atoms with van der Waals surface area (Å²) >= 11 is 5.11. The lowest BCUT2D eigenvalue weighted by molar-refractivity contribution is -0.421. The Hall–Kier alpha value is -0.550. The maximum atomic E-state index is 4.36. The van der Waals surface area contributed by atoms with Gasteiger partial charge in [0.05, 0.1) is 15.0 Å². The lowest BCUT2D eigenvalue weighted by Crippen LogP contribution is -2.16. The molecule has 0 spiro atoms. The molecule has 1 aromatic rings. The van der Waals surface area contributed by atoms with Crippen LogP contribution in [0, 0.1) is 0 Å². The van der Waals surface area contributed by atoms with Gasteiger partial charge >= 0.3 is 0 Å². The normalized spacial score (nSPS) is 14.2. The zero-order chi connectivity index (χ0) is 9.26. The second kappa shape index (κ2) is 3.67. The zero-order valence-electron chi connectivity index (χ0n) is 7.20. The molecule has 1 aliphatic rings. The summed E-state index contributed by atoms with van der Waals surface area (Å²) in [7, 11) is 0. The molecule has 0 atom stereocenters. The van der Waals surface area contributed by atoms with E-state index < -0.39 is 0 Å². The highest BCUT2D eigenvalue weighted by Gasteiger charge is 2.13. The molecule has 1 aromatic heterocycles. The predicted molar refractivity (Wildman–Crippen MR) is 57.7 cm³/mol. The summed E-state index contributed by atoms with van der Waals surface area (Å²) in [6.45, 7) is 2.99. The number of aliphatic imine (C=N–C) groups is 1. The molecule has 0 aromatic carbocycles. The van der Waals surface area contributed by atoms with Gasteiger partial charge in [0.1, 0.15) is 6.54 Å². The van der Waals surface area contributed by atoms with Crippen molar-refractivity contribution in [3.63, 3.8) is 0 Å². The molecule has 0 unspecified atom stereocenters. The van der Waals surface area contributed by atoms with Crippen LogP contribution in [0.5, 0.6) is 0 Å². The quantitative estimate of drug-likeness (QED) is 0.763. The molecule has 0 saturated heterocycles. The van der Waals surface area contributed by atoms with Crippen LogP contribution in [0.2, 0.25) is 0 Å². The molecule has 13 heavy (non-hydrogen) atoms. The minimum Gasteiger partial charge on any atom is -0.234 e. The van der Waals surface area contributed by atoms with Crippen LogP contribution in [0.3, 0.4) is 0 Å². The van der Waals surface area contributed by atoms with Crippen molar-refractivity contribution in [3.05, 3.63) is 15.0 Å². The van der Waals surface area contributed by atoms with Gasteiger partial charge in [0.25, 0.3) is 0 Å². The molecule has 3 nitrogen and oxygen atoms in total. The fourth-order valence-electron chi connectivity index (χ4n) is 1.08. The lowest BCUT2D eigenvalue weighted by atomic mass is 10.3. The van der Waals surface area contributed by atoms with Gasteiger partial charge in [0.15, 0.2) is 0 Å². The molecular formula is C8H9BrN3S+. The van der Waals surface area contributed by atoms with Crippen LogP contribution in [0.25, 0.3) is 0 Å². The standard InChI is InChI=1S/C8H9BrN3S/c1-2-6-8(9)7(13-11-6)3-12-4-10-5-12/h4-5H,2-3H2,1H3/q+1. The third kappa shape index (κ3) is 1.71. The highest BCUT2D eigenvalue weighted by atomic mass is 79.9. The summed E-state index contributed by atoms with van der Waals surface area (Å²) in [5.74, 6) is 0. The van der Waals surface area contributed by atoms with Gasteiger partial charge in [0.2, 0.25) is 12.7 Å². The van der Waals surface area contributed by atoms with Crippen molar-refractivity contribution < 1.29 is 4.58 Å². The van der Waals surface area contributed by atoms with E-state index in [2.05, 4.69) is 32.2 Å². The van der Waals surface area contributed by atoms with Gasteiger partial charge in [-0.1, -0.05) is 11.9 Å². The molecule has 0 N–H and O–H groups in total. The fourth-order valence-corrected chi connectivity index (χ4v) is 2.75. The largest absolute Gasteiger partial charge is 0.234 e. The highest BCUT2D eigenvalue weighted by Crippen LogP contribution is 2.26. The molecule has 0 fully saturated rings. The smallest absolute Gasteiger partial charge is 0.229 e. The first kappa shape index (κ1) is 9.02. The Morgan fingerprint density at radius 3 is 2.85 bits per heavy atom. The second-order valence-electron chi connectivity index (χ2n) is 2.77. The number of nitrogens with zero attached hydrogens (tertiary/aromatic N) is 3. The monoisotopic (exact) mass is 258 g/mol. The summed E-state index contributed by atoms with van der Waals surface area (Å²) < 4.78 is 7.56. The van der Waals surface area contributed by atoms with E-state index in [1.807, 2.05) is 17.3 Å². The molecule has 2 rings (SSSR count). The maximum absolute atomic E-state index is 4.36. The Morgan fingerprint density at radius 2 is 2.38 bits per heavy atom. The van der Waals surface area contributed by atoms with Crippen molar-refractivity contribution in [2.75, 3.05) is 0 Å². The van der Waals surface area contributed by atoms with Crippen molar-refractivity contribution in [2.45, 2.75) is 19.9 Å². The molecule has 5 heteroatoms. The lowest BCUT2D eigenvalue weighted by Gasteiger charge is -2.02. The van der Waals surface area contributed by atoms with Gasteiger partial charge in [-0.3, -0.25) is 0 Å². The van der Waals surface area contributed by atoms with Crippen LogP contribution in [0.4, 0.5) is 0 Å². The van der Waals surface area contributed by atoms with E-state index in [9.17, 15) is 0 Å². The Labute approximate surface area is 89.1 Å².